The Bertz CT molecular complexity index is 638. The number of amides is 1. The lowest BCUT2D eigenvalue weighted by Gasteiger charge is -2.18. The van der Waals surface area contributed by atoms with Gasteiger partial charge in [-0.2, -0.15) is 18.4 Å². The number of carbonyl (C=O) groups is 2. The first-order valence-electron chi connectivity index (χ1n) is 6.84. The summed E-state index contributed by atoms with van der Waals surface area (Å²) < 4.78 is 37.4. The number of carbonyl (C=O) groups excluding carboxylic acids is 1. The van der Waals surface area contributed by atoms with Gasteiger partial charge < -0.3 is 15.5 Å². The number of aliphatic carboxylic acids is 1. The topological polar surface area (TPSA) is 110 Å². The van der Waals surface area contributed by atoms with Crippen LogP contribution in [-0.4, -0.2) is 28.1 Å². The van der Waals surface area contributed by atoms with Crippen molar-refractivity contribution in [1.29, 1.82) is 5.26 Å². The van der Waals surface area contributed by atoms with Crippen LogP contribution in [0.15, 0.2) is 24.3 Å². The Morgan fingerprint density at radius 1 is 1.29 bits per heavy atom. The van der Waals surface area contributed by atoms with Crippen LogP contribution in [0, 0.1) is 17.2 Å². The number of benzene rings is 1. The SMILES string of the molecule is C[C@H](C#N)C[C@@H](NC(=O)[C@H](O)c1ccc(C(F)(F)F)cc1)C(=O)O. The van der Waals surface area contributed by atoms with Gasteiger partial charge in [-0.25, -0.2) is 4.79 Å². The summed E-state index contributed by atoms with van der Waals surface area (Å²) in [7, 11) is 0. The summed E-state index contributed by atoms with van der Waals surface area (Å²) in [6.07, 6.45) is -6.54. The second kappa shape index (κ2) is 7.79. The second-order valence-electron chi connectivity index (χ2n) is 5.19. The van der Waals surface area contributed by atoms with Crippen molar-refractivity contribution < 1.29 is 33.0 Å². The fraction of sp³-hybridized carbons (Fsp3) is 0.400. The molecule has 0 saturated carbocycles. The summed E-state index contributed by atoms with van der Waals surface area (Å²) in [4.78, 5) is 23.0. The number of carboxylic acids is 1. The van der Waals surface area contributed by atoms with E-state index in [-0.39, 0.29) is 12.0 Å². The maximum atomic E-state index is 12.5. The molecule has 3 N–H and O–H groups in total. The Morgan fingerprint density at radius 2 is 1.83 bits per heavy atom. The summed E-state index contributed by atoms with van der Waals surface area (Å²) in [5.41, 5.74) is -1.05. The molecule has 1 rings (SSSR count). The first-order valence-corrected chi connectivity index (χ1v) is 6.84. The normalized spacial score (nSPS) is 15.0. The van der Waals surface area contributed by atoms with Crippen molar-refractivity contribution in [2.75, 3.05) is 0 Å². The van der Waals surface area contributed by atoms with Crippen molar-refractivity contribution in [3.8, 4) is 6.07 Å². The van der Waals surface area contributed by atoms with Crippen molar-refractivity contribution in [1.82, 2.24) is 5.32 Å². The minimum atomic E-state index is -4.55. The molecule has 1 amide bonds. The van der Waals surface area contributed by atoms with Gasteiger partial charge in [0.25, 0.3) is 5.91 Å². The molecule has 0 aliphatic carbocycles. The fourth-order valence-electron chi connectivity index (χ4n) is 1.88. The summed E-state index contributed by atoms with van der Waals surface area (Å²) in [5.74, 6) is -3.10. The van der Waals surface area contributed by atoms with Crippen molar-refractivity contribution in [2.45, 2.75) is 31.7 Å². The molecule has 0 aromatic heterocycles. The largest absolute Gasteiger partial charge is 0.480 e. The third-order valence-electron chi connectivity index (χ3n) is 3.23. The predicted molar refractivity (Wildman–Crippen MR) is 75.4 cm³/mol. The Balaban J connectivity index is 2.83. The number of hydrogen-bond acceptors (Lipinski definition) is 4. The first-order chi connectivity index (χ1) is 11.1. The quantitative estimate of drug-likeness (QED) is 0.729. The molecule has 0 saturated heterocycles. The molecule has 6 nitrogen and oxygen atoms in total. The Labute approximate surface area is 135 Å². The average molecular weight is 344 g/mol. The van der Waals surface area contributed by atoms with Gasteiger partial charge in [-0.1, -0.05) is 12.1 Å². The molecule has 0 bridgehead atoms. The number of alkyl halides is 3. The van der Waals surface area contributed by atoms with Crippen LogP contribution in [-0.2, 0) is 15.8 Å². The van der Waals surface area contributed by atoms with Crippen LogP contribution in [0.3, 0.4) is 0 Å². The molecule has 0 spiro atoms. The Morgan fingerprint density at radius 3 is 2.25 bits per heavy atom. The van der Waals surface area contributed by atoms with Gasteiger partial charge in [0.2, 0.25) is 0 Å². The summed E-state index contributed by atoms with van der Waals surface area (Å²) in [5, 5.41) is 29.6. The molecule has 0 aliphatic rings. The van der Waals surface area contributed by atoms with Crippen molar-refractivity contribution >= 4 is 11.9 Å². The van der Waals surface area contributed by atoms with E-state index < -0.39 is 41.7 Å². The van der Waals surface area contributed by atoms with Gasteiger partial charge in [0.1, 0.15) is 6.04 Å². The minimum absolute atomic E-state index is 0.113. The van der Waals surface area contributed by atoms with Gasteiger partial charge in [-0.15, -0.1) is 0 Å². The van der Waals surface area contributed by atoms with Crippen LogP contribution in [0.4, 0.5) is 13.2 Å². The zero-order valence-electron chi connectivity index (χ0n) is 12.5. The van der Waals surface area contributed by atoms with E-state index >= 15 is 0 Å². The van der Waals surface area contributed by atoms with E-state index in [9.17, 15) is 27.9 Å². The molecule has 3 atom stereocenters. The van der Waals surface area contributed by atoms with Gasteiger partial charge >= 0.3 is 12.1 Å². The van der Waals surface area contributed by atoms with Gasteiger partial charge in [-0.05, 0) is 31.0 Å². The molecule has 24 heavy (non-hydrogen) atoms. The molecule has 0 aliphatic heterocycles. The van der Waals surface area contributed by atoms with Crippen LogP contribution in [0.1, 0.15) is 30.6 Å². The molecular formula is C15H15F3N2O4. The number of hydrogen-bond donors (Lipinski definition) is 3. The molecule has 9 heteroatoms. The number of carboxylic acid groups (broad SMARTS) is 1. The average Bonchev–Trinajstić information content (AvgIpc) is 2.52. The predicted octanol–water partition coefficient (Wildman–Crippen LogP) is 1.86. The lowest BCUT2D eigenvalue weighted by Crippen LogP contribution is -2.43. The highest BCUT2D eigenvalue weighted by Crippen LogP contribution is 2.30. The maximum absolute atomic E-state index is 12.5. The van der Waals surface area contributed by atoms with Gasteiger partial charge in [0, 0.05) is 5.92 Å². The number of aliphatic hydroxyl groups is 1. The maximum Gasteiger partial charge on any atom is 0.416 e. The molecular weight excluding hydrogens is 329 g/mol. The van der Waals surface area contributed by atoms with Crippen molar-refractivity contribution in [3.63, 3.8) is 0 Å². The second-order valence-corrected chi connectivity index (χ2v) is 5.19. The Kier molecular flexibility index (Phi) is 6.31. The molecule has 130 valence electrons. The first kappa shape index (κ1) is 19.4. The number of halogens is 3. The van der Waals surface area contributed by atoms with Crippen molar-refractivity contribution in [2.24, 2.45) is 5.92 Å². The van der Waals surface area contributed by atoms with E-state index in [4.69, 9.17) is 10.4 Å². The van der Waals surface area contributed by atoms with Crippen LogP contribution in [0.5, 0.6) is 0 Å². The lowest BCUT2D eigenvalue weighted by atomic mass is 10.0. The number of rotatable bonds is 6. The molecule has 1 aromatic carbocycles. The van der Waals surface area contributed by atoms with Crippen LogP contribution < -0.4 is 5.32 Å². The smallest absolute Gasteiger partial charge is 0.416 e. The van der Waals surface area contributed by atoms with E-state index in [1.165, 1.54) is 6.92 Å². The highest BCUT2D eigenvalue weighted by atomic mass is 19.4. The number of nitrogens with one attached hydrogen (secondary N) is 1. The van der Waals surface area contributed by atoms with Crippen LogP contribution in [0.2, 0.25) is 0 Å². The number of aliphatic hydroxyl groups excluding tert-OH is 1. The van der Waals surface area contributed by atoms with Crippen LogP contribution in [0.25, 0.3) is 0 Å². The summed E-state index contributed by atoms with van der Waals surface area (Å²) in [6, 6.07) is 3.70. The third kappa shape index (κ3) is 5.24. The molecule has 0 fully saturated rings. The van der Waals surface area contributed by atoms with Crippen LogP contribution >= 0.6 is 0 Å². The monoisotopic (exact) mass is 344 g/mol. The fourth-order valence-corrected chi connectivity index (χ4v) is 1.88. The van der Waals surface area contributed by atoms with E-state index in [1.807, 2.05) is 6.07 Å². The number of nitrogens with zero attached hydrogens (tertiary/aromatic N) is 1. The lowest BCUT2D eigenvalue weighted by molar-refractivity contribution is -0.144. The summed E-state index contributed by atoms with van der Waals surface area (Å²) >= 11 is 0. The highest BCUT2D eigenvalue weighted by Gasteiger charge is 2.31. The number of nitriles is 1. The minimum Gasteiger partial charge on any atom is -0.480 e. The molecule has 0 heterocycles. The van der Waals surface area contributed by atoms with E-state index in [1.54, 1.807) is 0 Å². The van der Waals surface area contributed by atoms with Gasteiger partial charge in [0.15, 0.2) is 6.10 Å². The van der Waals surface area contributed by atoms with Gasteiger partial charge in [0.05, 0.1) is 11.6 Å². The molecule has 0 unspecified atom stereocenters. The highest BCUT2D eigenvalue weighted by molar-refractivity contribution is 5.87. The zero-order chi connectivity index (χ0) is 18.5. The third-order valence-corrected chi connectivity index (χ3v) is 3.23. The zero-order valence-corrected chi connectivity index (χ0v) is 12.5. The van der Waals surface area contributed by atoms with E-state index in [0.717, 1.165) is 12.1 Å². The summed E-state index contributed by atoms with van der Waals surface area (Å²) in [6.45, 7) is 1.47. The standard InChI is InChI=1S/C15H15F3N2O4/c1-8(7-19)6-11(14(23)24)20-13(22)12(21)9-2-4-10(5-3-9)15(16,17)18/h2-5,8,11-12,21H,6H2,1H3,(H,20,22)(H,23,24)/t8-,11+,12+/m0/s1. The van der Waals surface area contributed by atoms with Gasteiger partial charge in [-0.3, -0.25) is 4.79 Å². The molecule has 1 aromatic rings. The van der Waals surface area contributed by atoms with E-state index in [0.29, 0.717) is 12.1 Å². The molecule has 0 radical (unpaired) electrons. The van der Waals surface area contributed by atoms with E-state index in [2.05, 4.69) is 5.32 Å². The van der Waals surface area contributed by atoms with Crippen molar-refractivity contribution in [3.05, 3.63) is 35.4 Å². The Hall–Kier alpha value is -2.60.